The fraction of sp³-hybridized carbons (Fsp3) is 1.00. The van der Waals surface area contributed by atoms with Gasteiger partial charge in [-0.15, -0.1) is 0 Å². The molecule has 0 aromatic heterocycles. The van der Waals surface area contributed by atoms with Crippen LogP contribution in [0.3, 0.4) is 0 Å². The van der Waals surface area contributed by atoms with Gasteiger partial charge in [0.2, 0.25) is 0 Å². The second-order valence-corrected chi connectivity index (χ2v) is 4.81. The molecule has 1 saturated heterocycles. The number of nitrogens with zero attached hydrogens (tertiary/aromatic N) is 1. The molecule has 0 aromatic carbocycles. The Morgan fingerprint density at radius 1 is 1.06 bits per heavy atom. The minimum absolute atomic E-state index is 0.607. The molecule has 0 aromatic rings. The van der Waals surface area contributed by atoms with Gasteiger partial charge >= 0.3 is 0 Å². The van der Waals surface area contributed by atoms with Gasteiger partial charge in [-0.2, -0.15) is 0 Å². The molecular weight excluding hydrogens is 228 g/mol. The van der Waals surface area contributed by atoms with Crippen LogP contribution in [-0.2, 0) is 0 Å². The molecule has 1 rings (SSSR count). The molecule has 1 heterocycles. The molecule has 18 heavy (non-hydrogen) atoms. The lowest BCUT2D eigenvalue weighted by Crippen LogP contribution is -2.49. The summed E-state index contributed by atoms with van der Waals surface area (Å²) in [6.07, 6.45) is 1.18. The number of nitrogens with one attached hydrogen (secondary N) is 3. The van der Waals surface area contributed by atoms with Gasteiger partial charge in [0.25, 0.3) is 0 Å². The van der Waals surface area contributed by atoms with Crippen molar-refractivity contribution in [3.05, 3.63) is 0 Å². The maximum absolute atomic E-state index is 5.66. The quantitative estimate of drug-likeness (QED) is 0.284. The molecule has 0 bridgehead atoms. The Labute approximate surface area is 111 Å². The average Bonchev–Trinajstić information content (AvgIpc) is 2.42. The normalized spacial score (nSPS) is 20.5. The highest BCUT2D eigenvalue weighted by Crippen LogP contribution is 1.97. The maximum atomic E-state index is 5.66. The van der Waals surface area contributed by atoms with Crippen LogP contribution in [0.5, 0.6) is 0 Å². The zero-order chi connectivity index (χ0) is 13.1. The molecule has 0 saturated carbocycles. The summed E-state index contributed by atoms with van der Waals surface area (Å²) in [5.41, 5.74) is 11.1. The minimum atomic E-state index is 0.607. The molecular formula is C12H30N6. The van der Waals surface area contributed by atoms with Crippen molar-refractivity contribution in [3.63, 3.8) is 0 Å². The van der Waals surface area contributed by atoms with E-state index >= 15 is 0 Å². The lowest BCUT2D eigenvalue weighted by Gasteiger charge is -2.28. The third-order valence-electron chi connectivity index (χ3n) is 3.29. The van der Waals surface area contributed by atoms with Crippen molar-refractivity contribution >= 4 is 0 Å². The molecule has 1 unspecified atom stereocenters. The van der Waals surface area contributed by atoms with Crippen LogP contribution in [0.15, 0.2) is 0 Å². The van der Waals surface area contributed by atoms with Crippen LogP contribution in [0.4, 0.5) is 0 Å². The van der Waals surface area contributed by atoms with E-state index in [0.29, 0.717) is 12.6 Å². The molecule has 0 aliphatic carbocycles. The van der Waals surface area contributed by atoms with Crippen LogP contribution >= 0.6 is 0 Å². The van der Waals surface area contributed by atoms with Gasteiger partial charge in [-0.05, 0) is 13.0 Å². The highest BCUT2D eigenvalue weighted by molar-refractivity contribution is 4.76. The predicted molar refractivity (Wildman–Crippen MR) is 76.7 cm³/mol. The number of hydrogen-bond donors (Lipinski definition) is 5. The van der Waals surface area contributed by atoms with Gasteiger partial charge in [0.1, 0.15) is 0 Å². The zero-order valence-electron chi connectivity index (χ0n) is 11.5. The minimum Gasteiger partial charge on any atom is -0.329 e. The Balaban J connectivity index is 2.11. The first kappa shape index (κ1) is 15.8. The van der Waals surface area contributed by atoms with Crippen LogP contribution in [0.1, 0.15) is 6.42 Å². The van der Waals surface area contributed by atoms with Gasteiger partial charge in [0.05, 0.1) is 0 Å². The van der Waals surface area contributed by atoms with Crippen LogP contribution in [0.2, 0.25) is 0 Å². The van der Waals surface area contributed by atoms with Crippen molar-refractivity contribution < 1.29 is 0 Å². The lowest BCUT2D eigenvalue weighted by molar-refractivity contribution is 0.255. The Hall–Kier alpha value is -0.240. The SMILES string of the molecule is NCCNCCN(CCN)CCC1CNCCN1. The van der Waals surface area contributed by atoms with E-state index in [2.05, 4.69) is 20.9 Å². The standard InChI is InChI=1S/C12H30N6/c13-2-4-15-7-10-18(9-3-14)8-1-12-11-16-5-6-17-12/h12,15-17H,1-11,13-14H2. The van der Waals surface area contributed by atoms with Gasteiger partial charge in [-0.1, -0.05) is 0 Å². The van der Waals surface area contributed by atoms with Crippen molar-refractivity contribution in [2.45, 2.75) is 12.5 Å². The first-order valence-corrected chi connectivity index (χ1v) is 7.14. The van der Waals surface area contributed by atoms with E-state index in [1.165, 1.54) is 6.42 Å². The summed E-state index contributed by atoms with van der Waals surface area (Å²) in [4.78, 5) is 2.43. The number of hydrogen-bond acceptors (Lipinski definition) is 6. The lowest BCUT2D eigenvalue weighted by atomic mass is 10.1. The number of rotatable bonds is 10. The molecule has 6 nitrogen and oxygen atoms in total. The predicted octanol–water partition coefficient (Wildman–Crippen LogP) is -2.25. The van der Waals surface area contributed by atoms with Crippen molar-refractivity contribution in [1.29, 1.82) is 0 Å². The Morgan fingerprint density at radius 3 is 2.61 bits per heavy atom. The highest BCUT2D eigenvalue weighted by Gasteiger charge is 2.13. The summed E-state index contributed by atoms with van der Waals surface area (Å²) in [6.45, 7) is 9.72. The first-order chi connectivity index (χ1) is 8.86. The smallest absolute Gasteiger partial charge is 0.0205 e. The van der Waals surface area contributed by atoms with Crippen LogP contribution in [0, 0.1) is 0 Å². The largest absolute Gasteiger partial charge is 0.329 e. The fourth-order valence-corrected chi connectivity index (χ4v) is 2.24. The molecule has 108 valence electrons. The number of piperazine rings is 1. The van der Waals surface area contributed by atoms with Gasteiger partial charge in [-0.3, -0.25) is 0 Å². The van der Waals surface area contributed by atoms with E-state index in [9.17, 15) is 0 Å². The number of nitrogens with two attached hydrogens (primary N) is 2. The highest BCUT2D eigenvalue weighted by atomic mass is 15.1. The van der Waals surface area contributed by atoms with Crippen LogP contribution in [-0.4, -0.2) is 76.4 Å². The van der Waals surface area contributed by atoms with Gasteiger partial charge in [0.15, 0.2) is 0 Å². The first-order valence-electron chi connectivity index (χ1n) is 7.14. The molecule has 0 amide bonds. The third-order valence-corrected chi connectivity index (χ3v) is 3.29. The van der Waals surface area contributed by atoms with Gasteiger partial charge in [-0.25, -0.2) is 0 Å². The Bertz CT molecular complexity index is 183. The van der Waals surface area contributed by atoms with E-state index in [0.717, 1.165) is 58.9 Å². The van der Waals surface area contributed by atoms with E-state index < -0.39 is 0 Å². The van der Waals surface area contributed by atoms with Gasteiger partial charge in [0, 0.05) is 64.9 Å². The maximum Gasteiger partial charge on any atom is 0.0205 e. The van der Waals surface area contributed by atoms with Crippen LogP contribution in [0.25, 0.3) is 0 Å². The van der Waals surface area contributed by atoms with E-state index in [1.54, 1.807) is 0 Å². The molecule has 1 fully saturated rings. The summed E-state index contributed by atoms with van der Waals surface area (Å²) in [6, 6.07) is 0.607. The second kappa shape index (κ2) is 10.7. The van der Waals surface area contributed by atoms with Crippen molar-refractivity contribution in [3.8, 4) is 0 Å². The fourth-order valence-electron chi connectivity index (χ4n) is 2.24. The summed E-state index contributed by atoms with van der Waals surface area (Å²) < 4.78 is 0. The summed E-state index contributed by atoms with van der Waals surface area (Å²) >= 11 is 0. The van der Waals surface area contributed by atoms with E-state index in [4.69, 9.17) is 11.5 Å². The molecule has 1 aliphatic rings. The van der Waals surface area contributed by atoms with E-state index in [-0.39, 0.29) is 0 Å². The monoisotopic (exact) mass is 258 g/mol. The molecule has 0 radical (unpaired) electrons. The van der Waals surface area contributed by atoms with Crippen LogP contribution < -0.4 is 27.4 Å². The molecule has 7 N–H and O–H groups in total. The van der Waals surface area contributed by atoms with Gasteiger partial charge < -0.3 is 32.3 Å². The topological polar surface area (TPSA) is 91.4 Å². The average molecular weight is 258 g/mol. The summed E-state index contributed by atoms with van der Waals surface area (Å²) in [5.74, 6) is 0. The van der Waals surface area contributed by atoms with Crippen molar-refractivity contribution in [1.82, 2.24) is 20.9 Å². The second-order valence-electron chi connectivity index (χ2n) is 4.81. The molecule has 6 heteroatoms. The molecule has 1 atom stereocenters. The van der Waals surface area contributed by atoms with Crippen molar-refractivity contribution in [2.75, 3.05) is 65.4 Å². The summed E-state index contributed by atoms with van der Waals surface area (Å²) in [5, 5.41) is 10.3. The Kier molecular flexibility index (Phi) is 9.37. The molecule has 0 spiro atoms. The zero-order valence-corrected chi connectivity index (χ0v) is 11.5. The van der Waals surface area contributed by atoms with Crippen molar-refractivity contribution in [2.24, 2.45) is 11.5 Å². The Morgan fingerprint density at radius 2 is 1.94 bits per heavy atom. The molecule has 1 aliphatic heterocycles. The summed E-state index contributed by atoms with van der Waals surface area (Å²) in [7, 11) is 0. The van der Waals surface area contributed by atoms with E-state index in [1.807, 2.05) is 0 Å². The third kappa shape index (κ3) is 7.25.